The Balaban J connectivity index is 1.49. The third-order valence-electron chi connectivity index (χ3n) is 7.80. The zero-order valence-electron chi connectivity index (χ0n) is 23.8. The predicted molar refractivity (Wildman–Crippen MR) is 161 cm³/mol. The molecule has 1 atom stereocenters. The van der Waals surface area contributed by atoms with E-state index in [4.69, 9.17) is 9.47 Å². The van der Waals surface area contributed by atoms with Gasteiger partial charge in [-0.25, -0.2) is 9.79 Å². The molecule has 0 saturated carbocycles. The highest BCUT2D eigenvalue weighted by molar-refractivity contribution is 7.07. The van der Waals surface area contributed by atoms with Gasteiger partial charge in [0.15, 0.2) is 4.80 Å². The van der Waals surface area contributed by atoms with Gasteiger partial charge in [-0.1, -0.05) is 41.7 Å². The summed E-state index contributed by atoms with van der Waals surface area (Å²) < 4.78 is 14.8. The molecule has 6 rings (SSSR count). The van der Waals surface area contributed by atoms with Crippen LogP contribution in [0, 0.1) is 0 Å². The van der Waals surface area contributed by atoms with Crippen molar-refractivity contribution in [1.29, 1.82) is 0 Å². The maximum atomic E-state index is 14.1. The number of likely N-dealkylation sites (tertiary alicyclic amines) is 1. The van der Waals surface area contributed by atoms with Crippen LogP contribution in [0.1, 0.15) is 43.9 Å². The van der Waals surface area contributed by atoms with Gasteiger partial charge in [-0.2, -0.15) is 0 Å². The van der Waals surface area contributed by atoms with Gasteiger partial charge in [0.2, 0.25) is 5.91 Å². The van der Waals surface area contributed by atoms with Crippen molar-refractivity contribution in [3.63, 3.8) is 0 Å². The number of esters is 1. The third-order valence-corrected chi connectivity index (χ3v) is 8.78. The number of carbonyl (C=O) groups excluding carboxylic acids is 2. The Kier molecular flexibility index (Phi) is 7.55. The van der Waals surface area contributed by atoms with Crippen molar-refractivity contribution in [2.24, 2.45) is 4.99 Å². The zero-order chi connectivity index (χ0) is 29.4. The van der Waals surface area contributed by atoms with Gasteiger partial charge in [-0.05, 0) is 56.5 Å². The first kappa shape index (κ1) is 27.7. The first-order chi connectivity index (χ1) is 20.4. The minimum atomic E-state index is -0.725. The number of ether oxygens (including phenoxy) is 2. The number of thiazole rings is 1. The minimum Gasteiger partial charge on any atom is -0.497 e. The van der Waals surface area contributed by atoms with Gasteiger partial charge in [0.25, 0.3) is 5.56 Å². The summed E-state index contributed by atoms with van der Waals surface area (Å²) in [5.41, 5.74) is 3.05. The number of hydrogen-bond acceptors (Lipinski definition) is 7. The van der Waals surface area contributed by atoms with E-state index in [0.29, 0.717) is 26.4 Å². The van der Waals surface area contributed by atoms with Crippen molar-refractivity contribution in [2.45, 2.75) is 39.3 Å². The molecule has 2 aliphatic heterocycles. The molecule has 9 nitrogen and oxygen atoms in total. The normalized spacial score (nSPS) is 17.0. The lowest BCUT2D eigenvalue weighted by Gasteiger charge is -2.25. The molecule has 4 aromatic rings. The number of amides is 1. The van der Waals surface area contributed by atoms with E-state index in [1.54, 1.807) is 25.5 Å². The van der Waals surface area contributed by atoms with Crippen LogP contribution in [0.2, 0.25) is 0 Å². The molecule has 4 heterocycles. The van der Waals surface area contributed by atoms with Crippen molar-refractivity contribution >= 4 is 40.2 Å². The molecular weight excluding hydrogens is 552 g/mol. The lowest BCUT2D eigenvalue weighted by atomic mass is 9.95. The molecule has 1 saturated heterocycles. The van der Waals surface area contributed by atoms with Crippen molar-refractivity contribution < 1.29 is 19.1 Å². The number of nitrogens with zero attached hydrogens (tertiary/aromatic N) is 4. The van der Waals surface area contributed by atoms with Crippen LogP contribution >= 0.6 is 11.3 Å². The number of methoxy groups -OCH3 is 1. The number of fused-ring (bicyclic) bond motifs is 2. The third kappa shape index (κ3) is 4.96. The minimum absolute atomic E-state index is 0.0967. The monoisotopic (exact) mass is 584 g/mol. The van der Waals surface area contributed by atoms with E-state index in [-0.39, 0.29) is 24.6 Å². The molecule has 0 unspecified atom stereocenters. The maximum Gasteiger partial charge on any atom is 0.338 e. The van der Waals surface area contributed by atoms with E-state index in [9.17, 15) is 14.4 Å². The summed E-state index contributed by atoms with van der Waals surface area (Å²) in [5.74, 6) is 0.204. The second-order valence-corrected chi connectivity index (χ2v) is 11.4. The highest BCUT2D eigenvalue weighted by atomic mass is 32.1. The average Bonchev–Trinajstić information content (AvgIpc) is 3.72. The largest absolute Gasteiger partial charge is 0.497 e. The lowest BCUT2D eigenvalue weighted by Crippen LogP contribution is -2.39. The van der Waals surface area contributed by atoms with Crippen LogP contribution in [0.3, 0.4) is 0 Å². The molecule has 2 aromatic carbocycles. The molecule has 1 amide bonds. The van der Waals surface area contributed by atoms with Crippen LogP contribution in [-0.2, 0) is 20.9 Å². The molecule has 0 spiro atoms. The second kappa shape index (κ2) is 11.4. The molecule has 2 aromatic heterocycles. The standard InChI is InChI=1S/C32H32N4O5S/c1-4-41-31(39)28-20(2)33-32-36(29(28)21-10-9-11-23(16-21)40-3)30(38)26(42-32)17-22-18-35(25-13-6-5-12-24(22)25)19-27(37)34-14-7-8-15-34/h5-6,9-13,16-18,29H,4,7-8,14-15,19H2,1-3H3/b26-17+/t29-/m0/s1. The number of benzene rings is 2. The molecule has 1 fully saturated rings. The smallest absolute Gasteiger partial charge is 0.338 e. The second-order valence-electron chi connectivity index (χ2n) is 10.4. The molecule has 0 aliphatic carbocycles. The number of para-hydroxylation sites is 1. The Bertz CT molecular complexity index is 1910. The van der Waals surface area contributed by atoms with Gasteiger partial charge in [0.1, 0.15) is 12.3 Å². The predicted octanol–water partition coefficient (Wildman–Crippen LogP) is 3.38. The Hall–Kier alpha value is -4.44. The lowest BCUT2D eigenvalue weighted by molar-refractivity contribution is -0.139. The summed E-state index contributed by atoms with van der Waals surface area (Å²) in [7, 11) is 1.58. The van der Waals surface area contributed by atoms with Crippen molar-refractivity contribution in [3.8, 4) is 5.75 Å². The Labute approximate surface area is 246 Å². The SMILES string of the molecule is CCOC(=O)C1=C(C)N=c2s/c(=C/c3cn(CC(=O)N4CCCC4)c4ccccc34)c(=O)n2[C@H]1c1cccc(OC)c1. The number of carbonyl (C=O) groups is 2. The average molecular weight is 585 g/mol. The summed E-state index contributed by atoms with van der Waals surface area (Å²) in [6, 6.07) is 14.5. The van der Waals surface area contributed by atoms with Crippen LogP contribution in [0.4, 0.5) is 0 Å². The number of allylic oxidation sites excluding steroid dienone is 1. The number of aromatic nitrogens is 2. The van der Waals surface area contributed by atoms with Crippen LogP contribution in [-0.4, -0.2) is 52.7 Å². The Morgan fingerprint density at radius 3 is 2.67 bits per heavy atom. The van der Waals surface area contributed by atoms with Crippen LogP contribution < -0.4 is 19.6 Å². The number of hydrogen-bond donors (Lipinski definition) is 0. The van der Waals surface area contributed by atoms with Crippen LogP contribution in [0.15, 0.2) is 75.8 Å². The van der Waals surface area contributed by atoms with E-state index in [0.717, 1.165) is 48.0 Å². The van der Waals surface area contributed by atoms with Crippen molar-refractivity contribution in [2.75, 3.05) is 26.8 Å². The quantitative estimate of drug-likeness (QED) is 0.311. The highest BCUT2D eigenvalue weighted by Crippen LogP contribution is 2.32. The molecule has 216 valence electrons. The number of rotatable bonds is 7. The fourth-order valence-electron chi connectivity index (χ4n) is 5.79. The van der Waals surface area contributed by atoms with Gasteiger partial charge in [0, 0.05) is 35.8 Å². The molecule has 2 aliphatic rings. The molecule has 0 bridgehead atoms. The molecular formula is C32H32N4O5S. The topological polar surface area (TPSA) is 95.1 Å². The molecule has 0 radical (unpaired) electrons. The summed E-state index contributed by atoms with van der Waals surface area (Å²) in [5, 5.41) is 0.949. The van der Waals surface area contributed by atoms with Crippen molar-refractivity contribution in [1.82, 2.24) is 14.0 Å². The van der Waals surface area contributed by atoms with Gasteiger partial charge >= 0.3 is 5.97 Å². The summed E-state index contributed by atoms with van der Waals surface area (Å²) in [4.78, 5) is 47.3. The van der Waals surface area contributed by atoms with E-state index in [1.165, 1.54) is 11.3 Å². The van der Waals surface area contributed by atoms with Gasteiger partial charge in [0.05, 0.1) is 35.6 Å². The maximum absolute atomic E-state index is 14.1. The molecule has 10 heteroatoms. The highest BCUT2D eigenvalue weighted by Gasteiger charge is 2.33. The van der Waals surface area contributed by atoms with Gasteiger partial charge < -0.3 is 18.9 Å². The molecule has 0 N–H and O–H groups in total. The van der Waals surface area contributed by atoms with Crippen LogP contribution in [0.5, 0.6) is 5.75 Å². The summed E-state index contributed by atoms with van der Waals surface area (Å²) in [6.45, 7) is 5.56. The van der Waals surface area contributed by atoms with Gasteiger partial charge in [-0.15, -0.1) is 0 Å². The van der Waals surface area contributed by atoms with Gasteiger partial charge in [-0.3, -0.25) is 14.2 Å². The van der Waals surface area contributed by atoms with Crippen LogP contribution in [0.25, 0.3) is 17.0 Å². The summed E-state index contributed by atoms with van der Waals surface area (Å²) in [6.07, 6.45) is 5.87. The zero-order valence-corrected chi connectivity index (χ0v) is 24.6. The van der Waals surface area contributed by atoms with E-state index in [1.807, 2.05) is 70.3 Å². The first-order valence-electron chi connectivity index (χ1n) is 14.1. The van der Waals surface area contributed by atoms with E-state index < -0.39 is 12.0 Å². The van der Waals surface area contributed by atoms with E-state index >= 15 is 0 Å². The van der Waals surface area contributed by atoms with Crippen molar-refractivity contribution in [3.05, 3.63) is 96.8 Å². The molecule has 42 heavy (non-hydrogen) atoms. The fourth-order valence-corrected chi connectivity index (χ4v) is 6.83. The first-order valence-corrected chi connectivity index (χ1v) is 14.9. The fraction of sp³-hybridized carbons (Fsp3) is 0.312. The van der Waals surface area contributed by atoms with E-state index in [2.05, 4.69) is 4.99 Å². The Morgan fingerprint density at radius 1 is 1.12 bits per heavy atom. The summed E-state index contributed by atoms with van der Waals surface area (Å²) >= 11 is 1.27. The Morgan fingerprint density at radius 2 is 1.90 bits per heavy atom.